The molecule has 1 fully saturated rings. The minimum absolute atomic E-state index is 0.407. The number of rotatable bonds is 6. The van der Waals surface area contributed by atoms with Gasteiger partial charge in [0.2, 0.25) is 0 Å². The molecule has 102 valence electrons. The molecule has 1 aliphatic heterocycles. The van der Waals surface area contributed by atoms with Crippen molar-refractivity contribution >= 4 is 0 Å². The number of aryl methyl sites for hydroxylation is 1. The predicted molar refractivity (Wildman–Crippen MR) is 72.5 cm³/mol. The van der Waals surface area contributed by atoms with Crippen molar-refractivity contribution in [2.45, 2.75) is 45.3 Å². The van der Waals surface area contributed by atoms with Gasteiger partial charge in [-0.15, -0.1) is 0 Å². The summed E-state index contributed by atoms with van der Waals surface area (Å²) in [5.74, 6) is 0.619. The maximum atomic E-state index is 5.70. The molecule has 1 saturated heterocycles. The van der Waals surface area contributed by atoms with Gasteiger partial charge in [-0.1, -0.05) is 6.92 Å². The summed E-state index contributed by atoms with van der Waals surface area (Å²) in [6.45, 7) is 6.33. The molecule has 1 aliphatic rings. The van der Waals surface area contributed by atoms with Crippen LogP contribution in [0.2, 0.25) is 0 Å². The van der Waals surface area contributed by atoms with Crippen molar-refractivity contribution in [2.24, 2.45) is 13.0 Å². The van der Waals surface area contributed by atoms with Gasteiger partial charge in [-0.05, 0) is 32.4 Å². The highest BCUT2D eigenvalue weighted by atomic mass is 16.5. The summed E-state index contributed by atoms with van der Waals surface area (Å²) in [7, 11) is 1.97. The molecule has 0 amide bonds. The first-order valence-electron chi connectivity index (χ1n) is 7.02. The van der Waals surface area contributed by atoms with Crippen molar-refractivity contribution < 1.29 is 4.74 Å². The molecule has 0 radical (unpaired) electrons. The summed E-state index contributed by atoms with van der Waals surface area (Å²) < 4.78 is 7.58. The first-order valence-corrected chi connectivity index (χ1v) is 7.02. The molecular formula is C14H25N3O. The molecule has 0 aromatic carbocycles. The van der Waals surface area contributed by atoms with Crippen LogP contribution in [-0.2, 0) is 18.2 Å². The van der Waals surface area contributed by atoms with Crippen LogP contribution < -0.4 is 5.32 Å². The molecular weight excluding hydrogens is 226 g/mol. The molecule has 0 saturated carbocycles. The molecule has 18 heavy (non-hydrogen) atoms. The molecule has 0 spiro atoms. The average Bonchev–Trinajstić information content (AvgIpc) is 2.93. The van der Waals surface area contributed by atoms with Crippen LogP contribution in [0.5, 0.6) is 0 Å². The lowest BCUT2D eigenvalue weighted by atomic mass is 9.93. The van der Waals surface area contributed by atoms with Gasteiger partial charge >= 0.3 is 0 Å². The van der Waals surface area contributed by atoms with Gasteiger partial charge in [-0.3, -0.25) is 4.68 Å². The van der Waals surface area contributed by atoms with Gasteiger partial charge in [-0.2, -0.15) is 5.10 Å². The first kappa shape index (κ1) is 13.6. The highest BCUT2D eigenvalue weighted by Gasteiger charge is 2.29. The second kappa shape index (κ2) is 6.34. The molecule has 4 heteroatoms. The zero-order chi connectivity index (χ0) is 13.0. The molecule has 0 aliphatic carbocycles. The van der Waals surface area contributed by atoms with Crippen LogP contribution in [0.25, 0.3) is 0 Å². The Bertz CT molecular complexity index is 364. The summed E-state index contributed by atoms with van der Waals surface area (Å²) in [5.41, 5.74) is 1.17. The van der Waals surface area contributed by atoms with Crippen LogP contribution >= 0.6 is 0 Å². The minimum Gasteiger partial charge on any atom is -0.378 e. The van der Waals surface area contributed by atoms with Gasteiger partial charge in [0.15, 0.2) is 0 Å². The molecule has 3 atom stereocenters. The number of ether oxygens (including phenoxy) is 1. The van der Waals surface area contributed by atoms with E-state index in [2.05, 4.69) is 30.3 Å². The second-order valence-electron chi connectivity index (χ2n) is 5.39. The highest BCUT2D eigenvalue weighted by Crippen LogP contribution is 2.24. The third-order valence-electron chi connectivity index (χ3n) is 3.65. The molecule has 2 rings (SSSR count). The fourth-order valence-corrected chi connectivity index (χ4v) is 2.66. The fraction of sp³-hybridized carbons (Fsp3) is 0.786. The highest BCUT2D eigenvalue weighted by molar-refractivity contribution is 5.02. The van der Waals surface area contributed by atoms with Gasteiger partial charge in [0.1, 0.15) is 0 Å². The lowest BCUT2D eigenvalue weighted by molar-refractivity contribution is 0.116. The van der Waals surface area contributed by atoms with E-state index >= 15 is 0 Å². The van der Waals surface area contributed by atoms with Crippen molar-refractivity contribution in [1.29, 1.82) is 0 Å². The van der Waals surface area contributed by atoms with E-state index in [0.29, 0.717) is 18.1 Å². The molecule has 1 aromatic rings. The Balaban J connectivity index is 1.96. The Hall–Kier alpha value is -0.870. The van der Waals surface area contributed by atoms with Crippen LogP contribution in [0.1, 0.15) is 32.4 Å². The Kier molecular flexibility index (Phi) is 4.78. The van der Waals surface area contributed by atoms with E-state index in [1.54, 1.807) is 0 Å². The summed E-state index contributed by atoms with van der Waals surface area (Å²) in [5, 5.41) is 8.15. The smallest absolute Gasteiger partial charge is 0.0640 e. The van der Waals surface area contributed by atoms with Crippen molar-refractivity contribution in [3.8, 4) is 0 Å². The first-order chi connectivity index (χ1) is 8.69. The maximum absolute atomic E-state index is 5.70. The summed E-state index contributed by atoms with van der Waals surface area (Å²) >= 11 is 0. The van der Waals surface area contributed by atoms with Crippen molar-refractivity contribution in [2.75, 3.05) is 13.2 Å². The predicted octanol–water partition coefficient (Wildman–Crippen LogP) is 1.76. The van der Waals surface area contributed by atoms with E-state index in [-0.39, 0.29) is 0 Å². The number of hydrogen-bond donors (Lipinski definition) is 1. The van der Waals surface area contributed by atoms with E-state index < -0.39 is 0 Å². The van der Waals surface area contributed by atoms with Crippen molar-refractivity contribution in [3.63, 3.8) is 0 Å². The molecule has 1 N–H and O–H groups in total. The average molecular weight is 251 g/mol. The minimum atomic E-state index is 0.407. The third-order valence-corrected chi connectivity index (χ3v) is 3.65. The van der Waals surface area contributed by atoms with Gasteiger partial charge in [0.05, 0.1) is 18.4 Å². The van der Waals surface area contributed by atoms with Crippen LogP contribution in [0, 0.1) is 5.92 Å². The lowest BCUT2D eigenvalue weighted by Gasteiger charge is -2.23. The Labute approximate surface area is 110 Å². The van der Waals surface area contributed by atoms with E-state index in [1.165, 1.54) is 12.1 Å². The quantitative estimate of drug-likeness (QED) is 0.837. The molecule has 4 nitrogen and oxygen atoms in total. The zero-order valence-corrected chi connectivity index (χ0v) is 11.7. The number of nitrogens with zero attached hydrogens (tertiary/aromatic N) is 2. The Morgan fingerprint density at radius 1 is 1.61 bits per heavy atom. The summed E-state index contributed by atoms with van der Waals surface area (Å²) in [4.78, 5) is 0. The maximum Gasteiger partial charge on any atom is 0.0640 e. The van der Waals surface area contributed by atoms with Gasteiger partial charge < -0.3 is 10.1 Å². The monoisotopic (exact) mass is 251 g/mol. The zero-order valence-electron chi connectivity index (χ0n) is 11.7. The van der Waals surface area contributed by atoms with Gasteiger partial charge in [0.25, 0.3) is 0 Å². The van der Waals surface area contributed by atoms with Gasteiger partial charge in [-0.25, -0.2) is 0 Å². The third kappa shape index (κ3) is 3.56. The molecule has 2 heterocycles. The normalized spacial score (nSPS) is 25.5. The number of aromatic nitrogens is 2. The largest absolute Gasteiger partial charge is 0.378 e. The summed E-state index contributed by atoms with van der Waals surface area (Å²) in [6.07, 6.45) is 5.75. The molecule has 1 aromatic heterocycles. The van der Waals surface area contributed by atoms with Crippen LogP contribution in [-0.4, -0.2) is 35.1 Å². The molecule has 3 unspecified atom stereocenters. The standard InChI is InChI=1S/C14H25N3O/c1-4-6-15-14(12-8-11(2)18-10-12)9-13-5-7-17(3)16-13/h5,7,11-12,14-15H,4,6,8-10H2,1-3H3. The number of nitrogens with one attached hydrogen (secondary N) is 1. The SMILES string of the molecule is CCCNC(Cc1ccn(C)n1)C1COC(C)C1. The lowest BCUT2D eigenvalue weighted by Crippen LogP contribution is -2.39. The van der Waals surface area contributed by atoms with Crippen LogP contribution in [0.15, 0.2) is 12.3 Å². The van der Waals surface area contributed by atoms with E-state index in [9.17, 15) is 0 Å². The van der Waals surface area contributed by atoms with Crippen LogP contribution in [0.4, 0.5) is 0 Å². The van der Waals surface area contributed by atoms with E-state index in [0.717, 1.165) is 26.0 Å². The number of hydrogen-bond acceptors (Lipinski definition) is 3. The Morgan fingerprint density at radius 2 is 2.44 bits per heavy atom. The van der Waals surface area contributed by atoms with Crippen LogP contribution in [0.3, 0.4) is 0 Å². The fourth-order valence-electron chi connectivity index (χ4n) is 2.66. The second-order valence-corrected chi connectivity index (χ2v) is 5.39. The van der Waals surface area contributed by atoms with Gasteiger partial charge in [0, 0.05) is 31.6 Å². The molecule has 0 bridgehead atoms. The summed E-state index contributed by atoms with van der Waals surface area (Å²) in [6, 6.07) is 2.60. The van der Waals surface area contributed by atoms with E-state index in [4.69, 9.17) is 4.74 Å². The van der Waals surface area contributed by atoms with Crippen molar-refractivity contribution in [1.82, 2.24) is 15.1 Å². The van der Waals surface area contributed by atoms with Crippen molar-refractivity contribution in [3.05, 3.63) is 18.0 Å². The Morgan fingerprint density at radius 3 is 3.00 bits per heavy atom. The van der Waals surface area contributed by atoms with E-state index in [1.807, 2.05) is 17.9 Å². The topological polar surface area (TPSA) is 39.1 Å².